The van der Waals surface area contributed by atoms with Crippen LogP contribution in [0.4, 0.5) is 0 Å². The van der Waals surface area contributed by atoms with Gasteiger partial charge in [-0.2, -0.15) is 5.26 Å². The molecule has 0 saturated heterocycles. The van der Waals surface area contributed by atoms with Crippen LogP contribution in [0.25, 0.3) is 0 Å². The third-order valence-corrected chi connectivity index (χ3v) is 4.29. The summed E-state index contributed by atoms with van der Waals surface area (Å²) < 4.78 is 5.09. The van der Waals surface area contributed by atoms with E-state index in [1.54, 1.807) is 53.0 Å². The lowest BCUT2D eigenvalue weighted by molar-refractivity contribution is 0.0731. The predicted molar refractivity (Wildman–Crippen MR) is 87.8 cm³/mol. The fraction of sp³-hybridized carbons (Fsp3) is 0.111. The molecule has 0 fully saturated rings. The number of carbonyl (C=O) groups excluding carboxylic acids is 1. The Morgan fingerprint density at radius 1 is 1.17 bits per heavy atom. The van der Waals surface area contributed by atoms with Crippen LogP contribution in [0, 0.1) is 11.3 Å². The molecule has 4 nitrogen and oxygen atoms in total. The molecule has 0 unspecified atom stereocenters. The standard InChI is InChI=1S/C18H14N2O2S/c19-10-14-3-5-16(6-4-14)18(21)20(11-15-7-8-22-13-15)12-17-2-1-9-23-17/h1-9,13H,11-12H2. The number of hydrogen-bond donors (Lipinski definition) is 0. The fourth-order valence-electron chi connectivity index (χ4n) is 2.26. The zero-order valence-corrected chi connectivity index (χ0v) is 13.1. The Morgan fingerprint density at radius 3 is 2.61 bits per heavy atom. The Hall–Kier alpha value is -2.84. The van der Waals surface area contributed by atoms with Crippen molar-refractivity contribution in [2.75, 3.05) is 0 Å². The summed E-state index contributed by atoms with van der Waals surface area (Å²) >= 11 is 1.62. The topological polar surface area (TPSA) is 57.2 Å². The van der Waals surface area contributed by atoms with E-state index in [9.17, 15) is 4.79 Å². The normalized spacial score (nSPS) is 10.2. The van der Waals surface area contributed by atoms with Gasteiger partial charge in [0.25, 0.3) is 5.91 Å². The van der Waals surface area contributed by atoms with Crippen molar-refractivity contribution >= 4 is 17.2 Å². The third kappa shape index (κ3) is 3.68. The summed E-state index contributed by atoms with van der Waals surface area (Å²) in [4.78, 5) is 15.7. The van der Waals surface area contributed by atoms with Crippen LogP contribution in [0.5, 0.6) is 0 Å². The van der Waals surface area contributed by atoms with Crippen molar-refractivity contribution in [2.24, 2.45) is 0 Å². The highest BCUT2D eigenvalue weighted by Gasteiger charge is 2.17. The number of carbonyl (C=O) groups is 1. The van der Waals surface area contributed by atoms with Crippen LogP contribution < -0.4 is 0 Å². The first-order valence-corrected chi connectivity index (χ1v) is 7.97. The SMILES string of the molecule is N#Cc1ccc(C(=O)N(Cc2ccoc2)Cc2cccs2)cc1. The second kappa shape index (κ2) is 6.95. The second-order valence-corrected chi connectivity index (χ2v) is 6.09. The average Bonchev–Trinajstić information content (AvgIpc) is 3.27. The van der Waals surface area contributed by atoms with E-state index in [1.807, 2.05) is 23.6 Å². The molecule has 0 aliphatic carbocycles. The van der Waals surface area contributed by atoms with E-state index in [1.165, 1.54) is 0 Å². The van der Waals surface area contributed by atoms with E-state index in [-0.39, 0.29) is 5.91 Å². The minimum Gasteiger partial charge on any atom is -0.472 e. The molecule has 0 bridgehead atoms. The molecule has 0 spiro atoms. The number of nitrogens with zero attached hydrogens (tertiary/aromatic N) is 2. The summed E-state index contributed by atoms with van der Waals surface area (Å²) in [5, 5.41) is 10.9. The first kappa shape index (κ1) is 15.1. The minimum atomic E-state index is -0.0657. The van der Waals surface area contributed by atoms with Crippen LogP contribution in [-0.4, -0.2) is 10.8 Å². The smallest absolute Gasteiger partial charge is 0.254 e. The van der Waals surface area contributed by atoms with Gasteiger partial charge in [0.2, 0.25) is 0 Å². The molecule has 3 aromatic rings. The Labute approximate surface area is 138 Å². The maximum Gasteiger partial charge on any atom is 0.254 e. The van der Waals surface area contributed by atoms with Crippen molar-refractivity contribution in [3.8, 4) is 6.07 Å². The summed E-state index contributed by atoms with van der Waals surface area (Å²) in [7, 11) is 0. The molecule has 5 heteroatoms. The van der Waals surface area contributed by atoms with Crippen LogP contribution in [0.2, 0.25) is 0 Å². The first-order valence-electron chi connectivity index (χ1n) is 7.09. The molecule has 23 heavy (non-hydrogen) atoms. The van der Waals surface area contributed by atoms with Crippen LogP contribution >= 0.6 is 11.3 Å². The fourth-order valence-corrected chi connectivity index (χ4v) is 2.98. The van der Waals surface area contributed by atoms with Gasteiger partial charge in [0.15, 0.2) is 0 Å². The van der Waals surface area contributed by atoms with Gasteiger partial charge in [0.1, 0.15) is 0 Å². The van der Waals surface area contributed by atoms with Gasteiger partial charge < -0.3 is 9.32 Å². The molecule has 0 aliphatic heterocycles. The monoisotopic (exact) mass is 322 g/mol. The molecule has 1 aromatic carbocycles. The molecule has 3 rings (SSSR count). The van der Waals surface area contributed by atoms with E-state index in [0.29, 0.717) is 24.2 Å². The van der Waals surface area contributed by atoms with Gasteiger partial charge in [-0.05, 0) is 41.8 Å². The van der Waals surface area contributed by atoms with E-state index in [0.717, 1.165) is 10.4 Å². The lowest BCUT2D eigenvalue weighted by atomic mass is 10.1. The number of thiophene rings is 1. The van der Waals surface area contributed by atoms with Crippen LogP contribution in [0.3, 0.4) is 0 Å². The van der Waals surface area contributed by atoms with E-state index in [2.05, 4.69) is 6.07 Å². The third-order valence-electron chi connectivity index (χ3n) is 3.43. The molecule has 1 amide bonds. The Balaban J connectivity index is 1.83. The largest absolute Gasteiger partial charge is 0.472 e. The van der Waals surface area contributed by atoms with E-state index >= 15 is 0 Å². The molecular formula is C18H14N2O2S. The van der Waals surface area contributed by atoms with Gasteiger partial charge in [0.05, 0.1) is 30.7 Å². The van der Waals surface area contributed by atoms with E-state index < -0.39 is 0 Å². The average molecular weight is 322 g/mol. The quantitative estimate of drug-likeness (QED) is 0.712. The van der Waals surface area contributed by atoms with Crippen molar-refractivity contribution < 1.29 is 9.21 Å². The Morgan fingerprint density at radius 2 is 2.00 bits per heavy atom. The number of hydrogen-bond acceptors (Lipinski definition) is 4. The second-order valence-electron chi connectivity index (χ2n) is 5.06. The van der Waals surface area contributed by atoms with E-state index in [4.69, 9.17) is 9.68 Å². The number of nitriles is 1. The molecule has 0 atom stereocenters. The summed E-state index contributed by atoms with van der Waals surface area (Å²) in [5.41, 5.74) is 2.06. The number of benzene rings is 1. The summed E-state index contributed by atoms with van der Waals surface area (Å²) in [6.45, 7) is 1.02. The zero-order chi connectivity index (χ0) is 16.1. The zero-order valence-electron chi connectivity index (χ0n) is 12.3. The molecule has 2 heterocycles. The maximum atomic E-state index is 12.8. The molecule has 0 N–H and O–H groups in total. The van der Waals surface area contributed by atoms with Crippen molar-refractivity contribution in [1.82, 2.24) is 4.90 Å². The van der Waals surface area contributed by atoms with Crippen LogP contribution in [-0.2, 0) is 13.1 Å². The molecule has 0 aliphatic rings. The van der Waals surface area contributed by atoms with Crippen molar-refractivity contribution in [3.05, 3.63) is 81.9 Å². The summed E-state index contributed by atoms with van der Waals surface area (Å²) in [6.07, 6.45) is 3.25. The van der Waals surface area contributed by atoms with Gasteiger partial charge in [-0.1, -0.05) is 6.07 Å². The first-order chi connectivity index (χ1) is 11.3. The van der Waals surface area contributed by atoms with Gasteiger partial charge in [-0.3, -0.25) is 4.79 Å². The summed E-state index contributed by atoms with van der Waals surface area (Å²) in [5.74, 6) is -0.0657. The molecule has 0 radical (unpaired) electrons. The lowest BCUT2D eigenvalue weighted by Crippen LogP contribution is -2.29. The van der Waals surface area contributed by atoms with Gasteiger partial charge in [0, 0.05) is 22.5 Å². The lowest BCUT2D eigenvalue weighted by Gasteiger charge is -2.21. The highest BCUT2D eigenvalue weighted by Crippen LogP contribution is 2.18. The maximum absolute atomic E-state index is 12.8. The summed E-state index contributed by atoms with van der Waals surface area (Å²) in [6, 6.07) is 14.6. The highest BCUT2D eigenvalue weighted by atomic mass is 32.1. The Bertz CT molecular complexity index is 764. The van der Waals surface area contributed by atoms with Gasteiger partial charge in [-0.15, -0.1) is 11.3 Å². The van der Waals surface area contributed by atoms with Crippen molar-refractivity contribution in [1.29, 1.82) is 5.26 Å². The molecule has 114 valence electrons. The number of rotatable bonds is 5. The number of furan rings is 1. The molecule has 0 saturated carbocycles. The van der Waals surface area contributed by atoms with Gasteiger partial charge >= 0.3 is 0 Å². The Kier molecular flexibility index (Phi) is 4.55. The van der Waals surface area contributed by atoms with Crippen molar-refractivity contribution in [2.45, 2.75) is 13.1 Å². The van der Waals surface area contributed by atoms with Gasteiger partial charge in [-0.25, -0.2) is 0 Å². The van der Waals surface area contributed by atoms with Crippen molar-refractivity contribution in [3.63, 3.8) is 0 Å². The molecular weight excluding hydrogens is 308 g/mol. The number of amides is 1. The highest BCUT2D eigenvalue weighted by molar-refractivity contribution is 7.09. The molecule has 2 aromatic heterocycles. The van der Waals surface area contributed by atoms with Crippen LogP contribution in [0.1, 0.15) is 26.4 Å². The van der Waals surface area contributed by atoms with Crippen LogP contribution in [0.15, 0.2) is 64.8 Å². The minimum absolute atomic E-state index is 0.0657. The predicted octanol–water partition coefficient (Wildman–Crippen LogP) is 4.06.